The van der Waals surface area contributed by atoms with Gasteiger partial charge in [0, 0.05) is 6.08 Å². The first kappa shape index (κ1) is 15.9. The van der Waals surface area contributed by atoms with Crippen LogP contribution in [0.5, 0.6) is 0 Å². The lowest BCUT2D eigenvalue weighted by Gasteiger charge is -1.57. The number of hydrogen-bond donors (Lipinski definition) is 0. The molecular weight excluding hydrogens is 122 g/mol. The Balaban J connectivity index is -0.0000000787. The summed E-state index contributed by atoms with van der Waals surface area (Å²) in [5.41, 5.74) is 0. The Labute approximate surface area is 64.0 Å². The molecule has 10 heavy (non-hydrogen) atoms. The van der Waals surface area contributed by atoms with Crippen molar-refractivity contribution in [3.8, 4) is 6.07 Å². The quantitative estimate of drug-likeness (QED) is 0.402. The highest BCUT2D eigenvalue weighted by atomic mass is 14.2. The molecule has 0 aliphatic carbocycles. The van der Waals surface area contributed by atoms with Gasteiger partial charge in [-0.05, 0) is 6.42 Å². The normalized spacial score (nSPS) is 4.40. The van der Waals surface area contributed by atoms with Gasteiger partial charge in [0.05, 0.1) is 6.07 Å². The summed E-state index contributed by atoms with van der Waals surface area (Å²) >= 11 is 0. The summed E-state index contributed by atoms with van der Waals surface area (Å²) in [6.07, 6.45) is 4.14. The molecule has 0 aliphatic heterocycles. The van der Waals surface area contributed by atoms with E-state index in [1.165, 1.54) is 6.08 Å². The fraction of sp³-hybridized carbons (Fsp3) is 0.222. The Kier molecular flexibility index (Phi) is 75.1. The molecule has 0 radical (unpaired) electrons. The highest BCUT2D eigenvalue weighted by Gasteiger charge is 1.45. The van der Waals surface area contributed by atoms with Gasteiger partial charge in [-0.2, -0.15) is 5.26 Å². The first-order valence-corrected chi connectivity index (χ1v) is 2.94. The molecule has 0 spiro atoms. The lowest BCUT2D eigenvalue weighted by Crippen LogP contribution is -1.36. The van der Waals surface area contributed by atoms with E-state index < -0.39 is 0 Å². The van der Waals surface area contributed by atoms with E-state index in [1.54, 1.807) is 6.07 Å². The first-order valence-electron chi connectivity index (χ1n) is 2.94. The second-order valence-electron chi connectivity index (χ2n) is 1.03. The van der Waals surface area contributed by atoms with Crippen molar-refractivity contribution in [1.82, 2.24) is 0 Å². The van der Waals surface area contributed by atoms with Crippen molar-refractivity contribution in [3.05, 3.63) is 38.5 Å². The van der Waals surface area contributed by atoms with Crippen LogP contribution < -0.4 is 0 Å². The molecule has 0 bridgehead atoms. The molecule has 0 fully saturated rings. The van der Waals surface area contributed by atoms with Gasteiger partial charge in [0.2, 0.25) is 0 Å². The van der Waals surface area contributed by atoms with Crippen molar-refractivity contribution in [2.45, 2.75) is 13.3 Å². The van der Waals surface area contributed by atoms with Crippen molar-refractivity contribution in [1.29, 1.82) is 5.26 Å². The van der Waals surface area contributed by atoms with Crippen LogP contribution in [0.1, 0.15) is 13.3 Å². The third-order valence-corrected chi connectivity index (χ3v) is 0.380. The van der Waals surface area contributed by atoms with Crippen molar-refractivity contribution < 1.29 is 0 Å². The number of hydrogen-bond acceptors (Lipinski definition) is 1. The van der Waals surface area contributed by atoms with E-state index in [0.717, 1.165) is 6.42 Å². The molecule has 1 heteroatoms. The minimum atomic E-state index is 1.08. The zero-order chi connectivity index (χ0) is 8.83. The van der Waals surface area contributed by atoms with Crippen LogP contribution in [0.15, 0.2) is 38.5 Å². The van der Waals surface area contributed by atoms with E-state index in [1.807, 2.05) is 6.08 Å². The van der Waals surface area contributed by atoms with Crippen LogP contribution in [0.25, 0.3) is 0 Å². The number of rotatable bonds is 1. The van der Waals surface area contributed by atoms with Crippen LogP contribution in [-0.2, 0) is 0 Å². The molecule has 0 rings (SSSR count). The molecule has 0 atom stereocenters. The maximum Gasteiger partial charge on any atom is 0.0905 e. The maximum atomic E-state index is 7.51. The lowest BCUT2D eigenvalue weighted by molar-refractivity contribution is 1.23. The Morgan fingerprint density at radius 1 is 1.40 bits per heavy atom. The molecule has 0 aromatic rings. The number of nitrogens with zero attached hydrogens (tertiary/aromatic N) is 1. The average Bonchev–Trinajstić information content (AvgIpc) is 2.08. The largest absolute Gasteiger partial charge is 0.193 e. The van der Waals surface area contributed by atoms with Gasteiger partial charge in [-0.15, -0.1) is 19.7 Å². The Hall–Kier alpha value is -1.29. The zero-order valence-corrected chi connectivity index (χ0v) is 6.64. The molecule has 0 saturated carbocycles. The van der Waals surface area contributed by atoms with E-state index in [2.05, 4.69) is 33.2 Å². The van der Waals surface area contributed by atoms with Crippen LogP contribution in [-0.4, -0.2) is 0 Å². The molecule has 0 aromatic carbocycles. The predicted molar refractivity (Wildman–Crippen MR) is 47.6 cm³/mol. The van der Waals surface area contributed by atoms with Crippen LogP contribution in [0.3, 0.4) is 0 Å². The lowest BCUT2D eigenvalue weighted by atomic mass is 10.5. The molecule has 0 aromatic heterocycles. The van der Waals surface area contributed by atoms with Crippen LogP contribution in [0, 0.1) is 11.3 Å². The number of allylic oxidation sites excluding steroid dienone is 2. The van der Waals surface area contributed by atoms with Gasteiger partial charge in [-0.25, -0.2) is 0 Å². The average molecular weight is 137 g/mol. The van der Waals surface area contributed by atoms with Crippen molar-refractivity contribution in [3.63, 3.8) is 0 Å². The third kappa shape index (κ3) is 434. The van der Waals surface area contributed by atoms with Crippen LogP contribution in [0.2, 0.25) is 0 Å². The fourth-order valence-electron chi connectivity index (χ4n) is 0. The Bertz CT molecular complexity index is 97.8. The monoisotopic (exact) mass is 137 g/mol. The molecular formula is C9H15N. The van der Waals surface area contributed by atoms with E-state index in [0.29, 0.717) is 0 Å². The van der Waals surface area contributed by atoms with Gasteiger partial charge in [0.15, 0.2) is 0 Å². The van der Waals surface area contributed by atoms with Crippen molar-refractivity contribution in [2.75, 3.05) is 0 Å². The number of nitriles is 1. The molecule has 1 nitrogen and oxygen atoms in total. The summed E-state index contributed by atoms with van der Waals surface area (Å²) in [4.78, 5) is 0. The fourth-order valence-corrected chi connectivity index (χ4v) is 0. The molecule has 56 valence electrons. The van der Waals surface area contributed by atoms with Gasteiger partial charge in [0.25, 0.3) is 0 Å². The molecule has 0 aliphatic rings. The van der Waals surface area contributed by atoms with Gasteiger partial charge in [-0.1, -0.05) is 19.6 Å². The van der Waals surface area contributed by atoms with Crippen LogP contribution in [0.4, 0.5) is 0 Å². The highest BCUT2D eigenvalue weighted by Crippen LogP contribution is 1.66. The minimum Gasteiger partial charge on any atom is -0.193 e. The zero-order valence-electron chi connectivity index (χ0n) is 6.64. The summed E-state index contributed by atoms with van der Waals surface area (Å²) in [5.74, 6) is 0. The summed E-state index contributed by atoms with van der Waals surface area (Å²) in [5, 5.41) is 7.51. The predicted octanol–water partition coefficient (Wildman–Crippen LogP) is 3.08. The van der Waals surface area contributed by atoms with E-state index in [9.17, 15) is 0 Å². The van der Waals surface area contributed by atoms with E-state index in [4.69, 9.17) is 5.26 Å². The second kappa shape index (κ2) is 47.3. The summed E-state index contributed by atoms with van der Waals surface area (Å²) in [6, 6.07) is 1.69. The molecule has 0 saturated heterocycles. The molecule has 0 N–H and O–H groups in total. The second-order valence-corrected chi connectivity index (χ2v) is 1.03. The van der Waals surface area contributed by atoms with Gasteiger partial charge in [0.1, 0.15) is 0 Å². The Morgan fingerprint density at radius 3 is 1.60 bits per heavy atom. The SMILES string of the molecule is C=C.C=CC#N.C=CCC. The summed E-state index contributed by atoms with van der Waals surface area (Å²) < 4.78 is 0. The molecule has 0 amide bonds. The van der Waals surface area contributed by atoms with Gasteiger partial charge in [-0.3, -0.25) is 0 Å². The van der Waals surface area contributed by atoms with Crippen molar-refractivity contribution in [2.24, 2.45) is 0 Å². The molecule has 0 unspecified atom stereocenters. The minimum absolute atomic E-state index is 1.08. The van der Waals surface area contributed by atoms with Crippen LogP contribution >= 0.6 is 0 Å². The highest BCUT2D eigenvalue weighted by molar-refractivity contribution is 4.93. The molecule has 0 heterocycles. The van der Waals surface area contributed by atoms with E-state index >= 15 is 0 Å². The standard InChI is InChI=1S/C4H8.C3H3N.C2H4/c1-3-4-2;1-2-3-4;1-2/h3H,1,4H2,2H3;2H,1H2;1-2H2. The smallest absolute Gasteiger partial charge is 0.0905 e. The van der Waals surface area contributed by atoms with E-state index in [-0.39, 0.29) is 0 Å². The summed E-state index contributed by atoms with van der Waals surface area (Å²) in [7, 11) is 0. The van der Waals surface area contributed by atoms with Gasteiger partial charge >= 0.3 is 0 Å². The van der Waals surface area contributed by atoms with Gasteiger partial charge < -0.3 is 0 Å². The topological polar surface area (TPSA) is 23.8 Å². The third-order valence-electron chi connectivity index (χ3n) is 0.380. The van der Waals surface area contributed by atoms with Crippen molar-refractivity contribution >= 4 is 0 Å². The summed E-state index contributed by atoms with van der Waals surface area (Å²) in [6.45, 7) is 14.7. The maximum absolute atomic E-state index is 7.51. The first-order chi connectivity index (χ1) is 4.83. The Morgan fingerprint density at radius 2 is 1.60 bits per heavy atom.